The Labute approximate surface area is 284 Å². The van der Waals surface area contributed by atoms with Gasteiger partial charge in [-0.25, -0.2) is 4.98 Å². The number of anilines is 6. The predicted octanol–water partition coefficient (Wildman–Crippen LogP) is 4.82. The minimum Gasteiger partial charge on any atom is -0.494 e. The summed E-state index contributed by atoms with van der Waals surface area (Å²) < 4.78 is 19.2. The van der Waals surface area contributed by atoms with Gasteiger partial charge in [0.05, 0.1) is 46.9 Å². The Kier molecular flexibility index (Phi) is 10.1. The van der Waals surface area contributed by atoms with E-state index in [4.69, 9.17) is 16.3 Å². The van der Waals surface area contributed by atoms with Gasteiger partial charge >= 0.3 is 0 Å². The van der Waals surface area contributed by atoms with Crippen LogP contribution in [0.5, 0.6) is 5.75 Å². The molecule has 2 aliphatic heterocycles. The Bertz CT molecular complexity index is 1870. The summed E-state index contributed by atoms with van der Waals surface area (Å²) in [4.78, 5) is 35.3. The summed E-state index contributed by atoms with van der Waals surface area (Å²) in [5.74, 6) is 0.754. The number of hydrogen-bond donors (Lipinski definition) is 4. The molecule has 2 aromatic carbocycles. The average Bonchev–Trinajstić information content (AvgIpc) is 3.09. The van der Waals surface area contributed by atoms with Crippen molar-refractivity contribution in [1.29, 1.82) is 0 Å². The van der Waals surface area contributed by atoms with E-state index in [2.05, 4.69) is 57.6 Å². The number of carbonyl (C=O) groups is 1. The third-order valence-electron chi connectivity index (χ3n) is 8.63. The van der Waals surface area contributed by atoms with Crippen molar-refractivity contribution in [3.05, 3.63) is 60.5 Å². The Morgan fingerprint density at radius 2 is 1.79 bits per heavy atom. The number of hydrogen-bond acceptors (Lipinski definition) is 12. The van der Waals surface area contributed by atoms with Crippen molar-refractivity contribution in [2.24, 2.45) is 0 Å². The molecule has 0 radical (unpaired) electrons. The number of rotatable bonds is 10. The third kappa shape index (κ3) is 7.39. The zero-order valence-electron chi connectivity index (χ0n) is 27.3. The van der Waals surface area contributed by atoms with Gasteiger partial charge in [-0.1, -0.05) is 18.2 Å². The van der Waals surface area contributed by atoms with Crippen LogP contribution in [0.1, 0.15) is 12.8 Å². The zero-order chi connectivity index (χ0) is 33.8. The maximum atomic E-state index is 13.4. The van der Waals surface area contributed by atoms with Gasteiger partial charge in [-0.3, -0.25) is 19.7 Å². The molecule has 252 valence electrons. The molecule has 0 unspecified atom stereocenters. The van der Waals surface area contributed by atoms with Gasteiger partial charge in [-0.05, 0) is 50.4 Å². The van der Waals surface area contributed by atoms with Crippen LogP contribution >= 0.6 is 18.7 Å². The summed E-state index contributed by atoms with van der Waals surface area (Å²) >= 11 is 6.55. The summed E-state index contributed by atoms with van der Waals surface area (Å²) in [6, 6.07) is 7.87. The van der Waals surface area contributed by atoms with Crippen molar-refractivity contribution >= 4 is 75.5 Å². The molecule has 2 fully saturated rings. The van der Waals surface area contributed by atoms with E-state index in [1.807, 2.05) is 12.1 Å². The first kappa shape index (κ1) is 33.6. The van der Waals surface area contributed by atoms with Crippen molar-refractivity contribution in [2.75, 3.05) is 80.6 Å². The minimum atomic E-state index is -2.81. The van der Waals surface area contributed by atoms with Gasteiger partial charge in [0.2, 0.25) is 11.9 Å². The summed E-state index contributed by atoms with van der Waals surface area (Å²) in [7, 11) is -1.22. The van der Waals surface area contributed by atoms with Crippen LogP contribution in [-0.2, 0) is 9.36 Å². The molecule has 4 N–H and O–H groups in total. The molecular weight excluding hydrogens is 651 g/mol. The summed E-state index contributed by atoms with van der Waals surface area (Å²) in [6.45, 7) is 12.9. The monoisotopic (exact) mass is 690 g/mol. The van der Waals surface area contributed by atoms with Crippen LogP contribution in [0.3, 0.4) is 0 Å². The second kappa shape index (κ2) is 14.4. The first-order chi connectivity index (χ1) is 23.1. The van der Waals surface area contributed by atoms with E-state index >= 15 is 0 Å². The number of benzene rings is 2. The molecule has 48 heavy (non-hydrogen) atoms. The van der Waals surface area contributed by atoms with Crippen molar-refractivity contribution < 1.29 is 14.1 Å². The number of halogens is 1. The summed E-state index contributed by atoms with van der Waals surface area (Å²) in [6.07, 6.45) is 7.95. The van der Waals surface area contributed by atoms with Gasteiger partial charge in [-0.2, -0.15) is 4.98 Å². The average molecular weight is 691 g/mol. The number of nitrogens with zero attached hydrogens (tertiary/aromatic N) is 6. The lowest BCUT2D eigenvalue weighted by molar-refractivity contribution is -0.111. The maximum Gasteiger partial charge on any atom is 0.247 e. The Hall–Kier alpha value is -4.29. The molecule has 0 aliphatic carbocycles. The van der Waals surface area contributed by atoms with Crippen LogP contribution in [0.15, 0.2) is 55.5 Å². The van der Waals surface area contributed by atoms with Crippen LogP contribution in [-0.4, -0.2) is 96.5 Å². The molecule has 2 aromatic heterocycles. The van der Waals surface area contributed by atoms with Crippen LogP contribution in [0.25, 0.3) is 11.0 Å². The Morgan fingerprint density at radius 3 is 2.50 bits per heavy atom. The Morgan fingerprint density at radius 1 is 1.04 bits per heavy atom. The highest BCUT2D eigenvalue weighted by molar-refractivity contribution is 7.71. The van der Waals surface area contributed by atoms with Crippen molar-refractivity contribution in [1.82, 2.24) is 30.2 Å². The number of fused-ring (bicyclic) bond motifs is 1. The second-order valence-corrected chi connectivity index (χ2v) is 15.7. The highest BCUT2D eigenvalue weighted by Crippen LogP contribution is 2.42. The SMILES string of the molecule is C=CC(=O)Nc1cc(Nc2ncc(Cl)c(Nc3ccc4nccnc4c3P(C)(C)=O)n2)c(OC)cc1N1CCC(N2CCNCC2)CC1. The number of carbonyl (C=O) groups excluding carboxylic acids is 1. The molecule has 0 bridgehead atoms. The third-order valence-corrected chi connectivity index (χ3v) is 10.4. The van der Waals surface area contributed by atoms with E-state index in [9.17, 15) is 9.36 Å². The van der Waals surface area contributed by atoms with Crippen LogP contribution < -0.4 is 36.2 Å². The van der Waals surface area contributed by atoms with E-state index in [1.165, 1.54) is 12.3 Å². The van der Waals surface area contributed by atoms with Gasteiger partial charge in [-0.15, -0.1) is 0 Å². The van der Waals surface area contributed by atoms with Crippen molar-refractivity contribution in [3.63, 3.8) is 0 Å². The number of nitrogens with one attached hydrogen (secondary N) is 4. The zero-order valence-corrected chi connectivity index (χ0v) is 28.9. The fourth-order valence-electron chi connectivity index (χ4n) is 6.33. The molecule has 4 aromatic rings. The molecular formula is C33H40ClN10O3P. The normalized spacial score (nSPS) is 16.0. The number of amides is 1. The van der Waals surface area contributed by atoms with Gasteiger partial charge in [0, 0.05) is 63.8 Å². The topological polar surface area (TPSA) is 150 Å². The van der Waals surface area contributed by atoms with E-state index in [1.54, 1.807) is 45.0 Å². The molecule has 6 rings (SSSR count). The molecule has 15 heteroatoms. The van der Waals surface area contributed by atoms with Gasteiger partial charge in [0.1, 0.15) is 23.4 Å². The van der Waals surface area contributed by atoms with E-state index in [0.717, 1.165) is 57.8 Å². The smallest absolute Gasteiger partial charge is 0.247 e. The van der Waals surface area contributed by atoms with E-state index in [0.29, 0.717) is 51.0 Å². The molecule has 13 nitrogen and oxygen atoms in total. The number of aromatic nitrogens is 4. The quantitative estimate of drug-likeness (QED) is 0.134. The minimum absolute atomic E-state index is 0.226. The van der Waals surface area contributed by atoms with E-state index < -0.39 is 7.14 Å². The predicted molar refractivity (Wildman–Crippen MR) is 194 cm³/mol. The first-order valence-electron chi connectivity index (χ1n) is 15.9. The van der Waals surface area contributed by atoms with Gasteiger partial charge in [0.15, 0.2) is 5.82 Å². The van der Waals surface area contributed by atoms with E-state index in [-0.39, 0.29) is 16.9 Å². The van der Waals surface area contributed by atoms with Crippen molar-refractivity contribution in [3.8, 4) is 5.75 Å². The van der Waals surface area contributed by atoms with Crippen molar-refractivity contribution in [2.45, 2.75) is 18.9 Å². The number of piperazine rings is 1. The highest BCUT2D eigenvalue weighted by atomic mass is 35.5. The molecule has 2 saturated heterocycles. The summed E-state index contributed by atoms with van der Waals surface area (Å²) in [5, 5.41) is 13.7. The standard InChI is InChI=1S/C33H40ClN10O3P/c1-5-29(45)39-25-18-26(28(47-2)19-27(25)44-14-8-21(9-15-44)43-16-12-35-13-17-43)41-33-38-20-22(34)32(42-33)40-24-7-6-23-30(37-11-10-36-23)31(24)48(3,4)46/h5-7,10-11,18-21,35H,1,8-9,12-17H2,2-4H3,(H,39,45)(H2,38,40,41,42). The van der Waals surface area contributed by atoms with Crippen LogP contribution in [0.2, 0.25) is 5.02 Å². The molecule has 0 saturated carbocycles. The maximum absolute atomic E-state index is 13.4. The molecule has 0 atom stereocenters. The fraction of sp³-hybridized carbons (Fsp3) is 0.364. The van der Waals surface area contributed by atoms with Crippen LogP contribution in [0, 0.1) is 0 Å². The lowest BCUT2D eigenvalue weighted by atomic mass is 10.0. The Balaban J connectivity index is 1.28. The first-order valence-corrected chi connectivity index (χ1v) is 18.8. The van der Waals surface area contributed by atoms with Gasteiger partial charge in [0.25, 0.3) is 0 Å². The molecule has 0 spiro atoms. The lowest BCUT2D eigenvalue weighted by Crippen LogP contribution is -2.52. The van der Waals surface area contributed by atoms with Crippen LogP contribution in [0.4, 0.5) is 34.5 Å². The largest absolute Gasteiger partial charge is 0.494 e. The summed E-state index contributed by atoms with van der Waals surface area (Å²) in [5.41, 5.74) is 3.75. The molecule has 2 aliphatic rings. The number of ether oxygens (including phenoxy) is 1. The molecule has 4 heterocycles. The molecule has 1 amide bonds. The highest BCUT2D eigenvalue weighted by Gasteiger charge is 2.28. The second-order valence-electron chi connectivity index (χ2n) is 12.1. The number of piperidine rings is 1. The lowest BCUT2D eigenvalue weighted by Gasteiger charge is -2.41. The van der Waals surface area contributed by atoms with Gasteiger partial charge < -0.3 is 35.5 Å². The fourth-order valence-corrected chi connectivity index (χ4v) is 7.86. The number of methoxy groups -OCH3 is 1.